The average molecular weight is 271 g/mol. The first-order valence-electron chi connectivity index (χ1n) is 6.14. The number of halogens is 2. The van der Waals surface area contributed by atoms with Gasteiger partial charge in [-0.2, -0.15) is 0 Å². The summed E-state index contributed by atoms with van der Waals surface area (Å²) in [6.07, 6.45) is 1.48. The summed E-state index contributed by atoms with van der Waals surface area (Å²) in [4.78, 5) is 15.3. The van der Waals surface area contributed by atoms with Gasteiger partial charge in [0.2, 0.25) is 0 Å². The number of fused-ring (bicyclic) bond motifs is 1. The second-order valence-corrected chi connectivity index (χ2v) is 4.66. The molecule has 3 rings (SSSR count). The summed E-state index contributed by atoms with van der Waals surface area (Å²) in [5, 5.41) is 0.263. The van der Waals surface area contributed by atoms with Gasteiger partial charge in [-0.15, -0.1) is 0 Å². The molecule has 2 aromatic carbocycles. The highest BCUT2D eigenvalue weighted by Gasteiger charge is 2.17. The molecule has 0 fully saturated rings. The molecule has 0 aliphatic carbocycles. The maximum atomic E-state index is 13.9. The van der Waals surface area contributed by atoms with E-state index >= 15 is 0 Å². The molecule has 0 bridgehead atoms. The Balaban J connectivity index is 2.15. The van der Waals surface area contributed by atoms with E-state index in [0.29, 0.717) is 16.6 Å². The standard InChI is InChI=1S/C16H11F2NO/c1-9-7-10(5-6-12(9)17)16(20)11-8-19-14-4-2-3-13(18)15(11)14/h2-8,19H,1H3. The first kappa shape index (κ1) is 12.5. The first-order chi connectivity index (χ1) is 9.58. The van der Waals surface area contributed by atoms with Crippen molar-refractivity contribution in [2.24, 2.45) is 0 Å². The van der Waals surface area contributed by atoms with Crippen LogP contribution in [-0.2, 0) is 0 Å². The molecule has 0 spiro atoms. The third kappa shape index (κ3) is 1.90. The van der Waals surface area contributed by atoms with Crippen molar-refractivity contribution in [3.63, 3.8) is 0 Å². The zero-order chi connectivity index (χ0) is 14.3. The molecule has 2 nitrogen and oxygen atoms in total. The maximum Gasteiger partial charge on any atom is 0.195 e. The number of ketones is 1. The van der Waals surface area contributed by atoms with Crippen molar-refractivity contribution >= 4 is 16.7 Å². The fourth-order valence-electron chi connectivity index (χ4n) is 2.26. The summed E-state index contributed by atoms with van der Waals surface area (Å²) in [7, 11) is 0. The molecule has 20 heavy (non-hydrogen) atoms. The number of hydrogen-bond acceptors (Lipinski definition) is 1. The van der Waals surface area contributed by atoms with Gasteiger partial charge < -0.3 is 4.98 Å². The van der Waals surface area contributed by atoms with Crippen LogP contribution in [0.4, 0.5) is 8.78 Å². The minimum Gasteiger partial charge on any atom is -0.360 e. The number of rotatable bonds is 2. The first-order valence-corrected chi connectivity index (χ1v) is 6.14. The molecular weight excluding hydrogens is 260 g/mol. The molecule has 0 atom stereocenters. The Morgan fingerprint density at radius 2 is 1.90 bits per heavy atom. The predicted octanol–water partition coefficient (Wildman–Crippen LogP) is 3.99. The molecule has 0 aliphatic rings. The predicted molar refractivity (Wildman–Crippen MR) is 72.8 cm³/mol. The highest BCUT2D eigenvalue weighted by Crippen LogP contribution is 2.24. The molecule has 100 valence electrons. The minimum atomic E-state index is -0.453. The van der Waals surface area contributed by atoms with Crippen LogP contribution >= 0.6 is 0 Å². The molecule has 0 amide bonds. The molecule has 0 aliphatic heterocycles. The van der Waals surface area contributed by atoms with Crippen LogP contribution in [0, 0.1) is 18.6 Å². The van der Waals surface area contributed by atoms with Crippen LogP contribution in [0.25, 0.3) is 10.9 Å². The van der Waals surface area contributed by atoms with Crippen molar-refractivity contribution in [3.8, 4) is 0 Å². The van der Waals surface area contributed by atoms with E-state index in [-0.39, 0.29) is 22.6 Å². The fourth-order valence-corrected chi connectivity index (χ4v) is 2.26. The molecule has 0 radical (unpaired) electrons. The van der Waals surface area contributed by atoms with Gasteiger partial charge in [0.15, 0.2) is 5.78 Å². The van der Waals surface area contributed by atoms with E-state index in [1.807, 2.05) is 0 Å². The molecule has 1 N–H and O–H groups in total. The van der Waals surface area contributed by atoms with Gasteiger partial charge in [0, 0.05) is 22.7 Å². The third-order valence-corrected chi connectivity index (χ3v) is 3.32. The van der Waals surface area contributed by atoms with Crippen LogP contribution in [0.5, 0.6) is 0 Å². The van der Waals surface area contributed by atoms with Gasteiger partial charge in [-0.3, -0.25) is 4.79 Å². The lowest BCUT2D eigenvalue weighted by Gasteiger charge is -2.03. The van der Waals surface area contributed by atoms with Gasteiger partial charge in [0.1, 0.15) is 11.6 Å². The van der Waals surface area contributed by atoms with Gasteiger partial charge in [-0.1, -0.05) is 6.07 Å². The number of benzene rings is 2. The van der Waals surface area contributed by atoms with E-state index in [9.17, 15) is 13.6 Å². The lowest BCUT2D eigenvalue weighted by Crippen LogP contribution is -2.02. The van der Waals surface area contributed by atoms with Crippen LogP contribution in [0.15, 0.2) is 42.6 Å². The van der Waals surface area contributed by atoms with Crippen molar-refractivity contribution in [2.45, 2.75) is 6.92 Å². The molecule has 0 saturated carbocycles. The van der Waals surface area contributed by atoms with Gasteiger partial charge in [-0.05, 0) is 42.8 Å². The van der Waals surface area contributed by atoms with E-state index in [0.717, 1.165) is 0 Å². The maximum absolute atomic E-state index is 13.9. The second-order valence-electron chi connectivity index (χ2n) is 4.66. The van der Waals surface area contributed by atoms with Gasteiger partial charge in [0.25, 0.3) is 0 Å². The Morgan fingerprint density at radius 1 is 1.10 bits per heavy atom. The molecule has 0 unspecified atom stereocenters. The van der Waals surface area contributed by atoms with Crippen LogP contribution in [0.3, 0.4) is 0 Å². The number of aromatic amines is 1. The number of nitrogens with one attached hydrogen (secondary N) is 1. The third-order valence-electron chi connectivity index (χ3n) is 3.32. The number of hydrogen-bond donors (Lipinski definition) is 1. The Morgan fingerprint density at radius 3 is 2.65 bits per heavy atom. The number of H-pyrrole nitrogens is 1. The topological polar surface area (TPSA) is 32.9 Å². The quantitative estimate of drug-likeness (QED) is 0.702. The van der Waals surface area contributed by atoms with E-state index in [2.05, 4.69) is 4.98 Å². The second kappa shape index (κ2) is 4.56. The SMILES string of the molecule is Cc1cc(C(=O)c2c[nH]c3cccc(F)c23)ccc1F. The summed E-state index contributed by atoms with van der Waals surface area (Å²) in [6.45, 7) is 1.59. The summed E-state index contributed by atoms with van der Waals surface area (Å²) in [5.41, 5.74) is 1.54. The average Bonchev–Trinajstić information content (AvgIpc) is 2.86. The number of carbonyl (C=O) groups excluding carboxylic acids is 1. The number of aromatic nitrogens is 1. The zero-order valence-corrected chi connectivity index (χ0v) is 10.7. The smallest absolute Gasteiger partial charge is 0.195 e. The molecule has 3 aromatic rings. The summed E-state index contributed by atoms with van der Waals surface area (Å²) in [6, 6.07) is 8.70. The van der Waals surface area contributed by atoms with E-state index in [1.54, 1.807) is 19.1 Å². The van der Waals surface area contributed by atoms with Crippen LogP contribution in [0.1, 0.15) is 21.5 Å². The van der Waals surface area contributed by atoms with Crippen molar-refractivity contribution < 1.29 is 13.6 Å². The molecule has 1 heterocycles. The van der Waals surface area contributed by atoms with Crippen LogP contribution in [0.2, 0.25) is 0 Å². The number of carbonyl (C=O) groups is 1. The van der Waals surface area contributed by atoms with E-state index in [4.69, 9.17) is 0 Å². The summed E-state index contributed by atoms with van der Waals surface area (Å²) in [5.74, 6) is -1.15. The fraction of sp³-hybridized carbons (Fsp3) is 0.0625. The molecule has 4 heteroatoms. The number of aryl methyl sites for hydroxylation is 1. The Kier molecular flexibility index (Phi) is 2.86. The Bertz CT molecular complexity index is 820. The summed E-state index contributed by atoms with van der Waals surface area (Å²) < 4.78 is 27.1. The lowest BCUT2D eigenvalue weighted by atomic mass is 10.0. The normalized spacial score (nSPS) is 10.9. The van der Waals surface area contributed by atoms with Crippen molar-refractivity contribution in [2.75, 3.05) is 0 Å². The van der Waals surface area contributed by atoms with Crippen molar-refractivity contribution in [3.05, 3.63) is 70.9 Å². The Hall–Kier alpha value is -2.49. The minimum absolute atomic E-state index is 0.254. The zero-order valence-electron chi connectivity index (χ0n) is 10.7. The van der Waals surface area contributed by atoms with Crippen molar-refractivity contribution in [1.29, 1.82) is 0 Å². The van der Waals surface area contributed by atoms with Gasteiger partial charge in [0.05, 0.1) is 5.56 Å². The summed E-state index contributed by atoms with van der Waals surface area (Å²) >= 11 is 0. The van der Waals surface area contributed by atoms with Gasteiger partial charge in [-0.25, -0.2) is 8.78 Å². The van der Waals surface area contributed by atoms with Gasteiger partial charge >= 0.3 is 0 Å². The van der Waals surface area contributed by atoms with Crippen LogP contribution in [-0.4, -0.2) is 10.8 Å². The monoisotopic (exact) mass is 271 g/mol. The van der Waals surface area contributed by atoms with E-state index in [1.165, 1.54) is 30.5 Å². The highest BCUT2D eigenvalue weighted by atomic mass is 19.1. The van der Waals surface area contributed by atoms with Crippen LogP contribution < -0.4 is 0 Å². The Labute approximate surface area is 114 Å². The molecular formula is C16H11F2NO. The largest absolute Gasteiger partial charge is 0.360 e. The van der Waals surface area contributed by atoms with E-state index < -0.39 is 5.82 Å². The highest BCUT2D eigenvalue weighted by molar-refractivity contribution is 6.16. The van der Waals surface area contributed by atoms with Crippen molar-refractivity contribution in [1.82, 2.24) is 4.98 Å². The molecule has 1 aromatic heterocycles. The lowest BCUT2D eigenvalue weighted by molar-refractivity contribution is 0.104. The molecule has 0 saturated heterocycles.